The zero-order valence-corrected chi connectivity index (χ0v) is 14.7. The SMILES string of the molecule is CCC(C)C(=O)Nc1cccc(C(=O)NCc2cncn2C2CC2)c1. The van der Waals surface area contributed by atoms with Crippen LogP contribution in [0.1, 0.15) is 55.2 Å². The van der Waals surface area contributed by atoms with Gasteiger partial charge < -0.3 is 15.2 Å². The number of imidazole rings is 1. The van der Waals surface area contributed by atoms with E-state index in [1.807, 2.05) is 20.2 Å². The first-order chi connectivity index (χ1) is 12.1. The fourth-order valence-electron chi connectivity index (χ4n) is 2.61. The Hall–Kier alpha value is -2.63. The van der Waals surface area contributed by atoms with Gasteiger partial charge >= 0.3 is 0 Å². The van der Waals surface area contributed by atoms with Gasteiger partial charge in [-0.05, 0) is 37.5 Å². The molecule has 132 valence electrons. The van der Waals surface area contributed by atoms with Gasteiger partial charge in [-0.1, -0.05) is 19.9 Å². The topological polar surface area (TPSA) is 76.0 Å². The van der Waals surface area contributed by atoms with Gasteiger partial charge in [-0.2, -0.15) is 0 Å². The standard InChI is InChI=1S/C19H24N4O2/c1-3-13(2)18(24)22-15-6-4-5-14(9-15)19(25)21-11-17-10-20-12-23(17)16-7-8-16/h4-6,9-10,12-13,16H,3,7-8,11H2,1-2H3,(H,21,25)(H,22,24). The second-order valence-electron chi connectivity index (χ2n) is 6.59. The molecular formula is C19H24N4O2. The number of carbonyl (C=O) groups is 2. The van der Waals surface area contributed by atoms with E-state index < -0.39 is 0 Å². The minimum Gasteiger partial charge on any atom is -0.346 e. The summed E-state index contributed by atoms with van der Waals surface area (Å²) in [4.78, 5) is 28.6. The summed E-state index contributed by atoms with van der Waals surface area (Å²) in [6, 6.07) is 7.54. The van der Waals surface area contributed by atoms with Crippen LogP contribution in [0.4, 0.5) is 5.69 Å². The molecule has 1 atom stereocenters. The molecule has 1 unspecified atom stereocenters. The summed E-state index contributed by atoms with van der Waals surface area (Å²) >= 11 is 0. The van der Waals surface area contributed by atoms with E-state index in [0.717, 1.165) is 12.1 Å². The van der Waals surface area contributed by atoms with E-state index in [2.05, 4.69) is 20.2 Å². The zero-order valence-electron chi connectivity index (χ0n) is 14.7. The number of nitrogens with zero attached hydrogens (tertiary/aromatic N) is 2. The van der Waals surface area contributed by atoms with Gasteiger partial charge in [0.15, 0.2) is 0 Å². The Bertz CT molecular complexity index is 764. The molecule has 6 nitrogen and oxygen atoms in total. The molecule has 0 bridgehead atoms. The first kappa shape index (κ1) is 17.2. The Morgan fingerprint density at radius 3 is 2.88 bits per heavy atom. The Morgan fingerprint density at radius 2 is 2.16 bits per heavy atom. The van der Waals surface area contributed by atoms with Crippen molar-refractivity contribution in [2.45, 2.75) is 45.7 Å². The Morgan fingerprint density at radius 1 is 1.36 bits per heavy atom. The molecule has 2 amide bonds. The van der Waals surface area contributed by atoms with Gasteiger partial charge in [-0.3, -0.25) is 9.59 Å². The van der Waals surface area contributed by atoms with Gasteiger partial charge in [0.25, 0.3) is 5.91 Å². The first-order valence-electron chi connectivity index (χ1n) is 8.78. The fraction of sp³-hybridized carbons (Fsp3) is 0.421. The van der Waals surface area contributed by atoms with Crippen molar-refractivity contribution in [3.05, 3.63) is 48.0 Å². The number of rotatable bonds is 7. The highest BCUT2D eigenvalue weighted by Crippen LogP contribution is 2.35. The number of anilines is 1. The molecule has 6 heteroatoms. The largest absolute Gasteiger partial charge is 0.346 e. The lowest BCUT2D eigenvalue weighted by molar-refractivity contribution is -0.119. The van der Waals surface area contributed by atoms with Crippen LogP contribution in [0.5, 0.6) is 0 Å². The van der Waals surface area contributed by atoms with Crippen LogP contribution in [-0.4, -0.2) is 21.4 Å². The van der Waals surface area contributed by atoms with Gasteiger partial charge in [0.1, 0.15) is 0 Å². The predicted octanol–water partition coefficient (Wildman–Crippen LogP) is 3.13. The normalized spacial score (nSPS) is 14.8. The van der Waals surface area contributed by atoms with Crippen LogP contribution < -0.4 is 10.6 Å². The van der Waals surface area contributed by atoms with E-state index in [9.17, 15) is 9.59 Å². The quantitative estimate of drug-likeness (QED) is 0.813. The zero-order chi connectivity index (χ0) is 17.8. The van der Waals surface area contributed by atoms with Crippen LogP contribution in [0.15, 0.2) is 36.8 Å². The fourth-order valence-corrected chi connectivity index (χ4v) is 2.61. The monoisotopic (exact) mass is 340 g/mol. The minimum absolute atomic E-state index is 0.0339. The maximum atomic E-state index is 12.4. The van der Waals surface area contributed by atoms with Crippen LogP contribution in [0.25, 0.3) is 0 Å². The molecule has 25 heavy (non-hydrogen) atoms. The third-order valence-electron chi connectivity index (χ3n) is 4.57. The van der Waals surface area contributed by atoms with Gasteiger partial charge in [-0.15, -0.1) is 0 Å². The Kier molecular flexibility index (Phi) is 5.16. The van der Waals surface area contributed by atoms with Crippen LogP contribution >= 0.6 is 0 Å². The molecule has 2 N–H and O–H groups in total. The number of amides is 2. The Balaban J connectivity index is 1.61. The molecule has 1 aromatic heterocycles. The molecule has 1 fully saturated rings. The summed E-state index contributed by atoms with van der Waals surface area (Å²) < 4.78 is 2.13. The van der Waals surface area contributed by atoms with Crippen molar-refractivity contribution >= 4 is 17.5 Å². The highest BCUT2D eigenvalue weighted by molar-refractivity contribution is 5.97. The van der Waals surface area contributed by atoms with E-state index in [0.29, 0.717) is 23.8 Å². The van der Waals surface area contributed by atoms with E-state index in [1.165, 1.54) is 12.8 Å². The summed E-state index contributed by atoms with van der Waals surface area (Å²) in [5, 5.41) is 5.78. The molecule has 1 aliphatic rings. The average Bonchev–Trinajstić information content (AvgIpc) is 3.37. The first-order valence-corrected chi connectivity index (χ1v) is 8.78. The lowest BCUT2D eigenvalue weighted by Gasteiger charge is -2.11. The van der Waals surface area contributed by atoms with Crippen LogP contribution in [0, 0.1) is 5.92 Å². The molecule has 0 radical (unpaired) electrons. The van der Waals surface area contributed by atoms with Gasteiger partial charge in [0.05, 0.1) is 18.6 Å². The maximum absolute atomic E-state index is 12.4. The average molecular weight is 340 g/mol. The third-order valence-corrected chi connectivity index (χ3v) is 4.57. The van der Waals surface area contributed by atoms with Crippen molar-refractivity contribution < 1.29 is 9.59 Å². The number of nitrogens with one attached hydrogen (secondary N) is 2. The predicted molar refractivity (Wildman–Crippen MR) is 96.2 cm³/mol. The molecule has 0 saturated heterocycles. The van der Waals surface area contributed by atoms with E-state index in [4.69, 9.17) is 0 Å². The highest BCUT2D eigenvalue weighted by atomic mass is 16.2. The smallest absolute Gasteiger partial charge is 0.251 e. The lowest BCUT2D eigenvalue weighted by atomic mass is 10.1. The van der Waals surface area contributed by atoms with Crippen molar-refractivity contribution in [1.29, 1.82) is 0 Å². The van der Waals surface area contributed by atoms with Crippen LogP contribution in [0.2, 0.25) is 0 Å². The molecule has 1 aromatic carbocycles. The summed E-state index contributed by atoms with van der Waals surface area (Å²) in [7, 11) is 0. The van der Waals surface area contributed by atoms with Crippen molar-refractivity contribution in [1.82, 2.24) is 14.9 Å². The van der Waals surface area contributed by atoms with Crippen LogP contribution in [-0.2, 0) is 11.3 Å². The molecule has 0 spiro atoms. The summed E-state index contributed by atoms with van der Waals surface area (Å²) in [5.41, 5.74) is 2.18. The molecule has 2 aromatic rings. The molecule has 1 saturated carbocycles. The third kappa shape index (κ3) is 4.26. The summed E-state index contributed by atoms with van der Waals surface area (Å²) in [6.45, 7) is 4.30. The number of benzene rings is 1. The summed E-state index contributed by atoms with van der Waals surface area (Å²) in [5.74, 6) is -0.253. The van der Waals surface area contributed by atoms with E-state index in [1.54, 1.807) is 30.5 Å². The number of hydrogen-bond donors (Lipinski definition) is 2. The highest BCUT2D eigenvalue weighted by Gasteiger charge is 2.25. The molecule has 1 heterocycles. The maximum Gasteiger partial charge on any atom is 0.251 e. The van der Waals surface area contributed by atoms with Crippen molar-refractivity contribution in [3.8, 4) is 0 Å². The van der Waals surface area contributed by atoms with Crippen molar-refractivity contribution in [3.63, 3.8) is 0 Å². The van der Waals surface area contributed by atoms with E-state index in [-0.39, 0.29) is 17.7 Å². The lowest BCUT2D eigenvalue weighted by Crippen LogP contribution is -2.24. The van der Waals surface area contributed by atoms with Crippen molar-refractivity contribution in [2.75, 3.05) is 5.32 Å². The summed E-state index contributed by atoms with van der Waals surface area (Å²) in [6.07, 6.45) is 6.75. The molecule has 0 aliphatic heterocycles. The Labute approximate surface area is 147 Å². The van der Waals surface area contributed by atoms with Gasteiger partial charge in [0, 0.05) is 29.4 Å². The number of carbonyl (C=O) groups excluding carboxylic acids is 2. The number of hydrogen-bond acceptors (Lipinski definition) is 3. The van der Waals surface area contributed by atoms with Gasteiger partial charge in [0.2, 0.25) is 5.91 Å². The van der Waals surface area contributed by atoms with Crippen molar-refractivity contribution in [2.24, 2.45) is 5.92 Å². The second kappa shape index (κ2) is 7.51. The van der Waals surface area contributed by atoms with Gasteiger partial charge in [-0.25, -0.2) is 4.98 Å². The molecule has 1 aliphatic carbocycles. The molecular weight excluding hydrogens is 316 g/mol. The van der Waals surface area contributed by atoms with E-state index >= 15 is 0 Å². The minimum atomic E-state index is -0.164. The van der Waals surface area contributed by atoms with Crippen LogP contribution in [0.3, 0.4) is 0 Å². The number of aromatic nitrogens is 2. The second-order valence-corrected chi connectivity index (χ2v) is 6.59. The molecule has 3 rings (SSSR count).